The largest absolute Gasteiger partial charge is 0.309 e. The molecule has 0 aliphatic carbocycles. The molecule has 0 fully saturated rings. The molecule has 0 aromatic heterocycles. The van der Waals surface area contributed by atoms with Crippen LogP contribution in [0.3, 0.4) is 0 Å². The maximum atomic E-state index is 13.9. The van der Waals surface area contributed by atoms with E-state index in [1.807, 2.05) is 12.1 Å². The number of halogens is 2. The number of benzene rings is 2. The number of hydrogen-bond acceptors (Lipinski definition) is 1. The van der Waals surface area contributed by atoms with Crippen LogP contribution in [0.4, 0.5) is 8.78 Å². The molecule has 2 aromatic rings. The topological polar surface area (TPSA) is 12.0 Å². The first-order chi connectivity index (χ1) is 9.65. The molecule has 0 saturated heterocycles. The summed E-state index contributed by atoms with van der Waals surface area (Å²) < 4.78 is 27.0. The molecule has 0 spiro atoms. The van der Waals surface area contributed by atoms with Gasteiger partial charge in [-0.15, -0.1) is 0 Å². The second-order valence-corrected chi connectivity index (χ2v) is 4.88. The van der Waals surface area contributed by atoms with Crippen LogP contribution in [0.15, 0.2) is 42.5 Å². The van der Waals surface area contributed by atoms with Crippen LogP contribution in [0, 0.1) is 11.6 Å². The molecule has 0 bridgehead atoms. The van der Waals surface area contributed by atoms with Crippen LogP contribution in [0.5, 0.6) is 0 Å². The number of nitrogens with one attached hydrogen (secondary N) is 1. The highest BCUT2D eigenvalue weighted by atomic mass is 19.1. The van der Waals surface area contributed by atoms with Gasteiger partial charge in [0, 0.05) is 11.6 Å². The Labute approximate surface area is 118 Å². The summed E-state index contributed by atoms with van der Waals surface area (Å²) in [6.07, 6.45) is 2.06. The molecule has 1 N–H and O–H groups in total. The van der Waals surface area contributed by atoms with Crippen molar-refractivity contribution in [1.29, 1.82) is 0 Å². The van der Waals surface area contributed by atoms with Crippen LogP contribution in [0.2, 0.25) is 0 Å². The SMILES string of the molecule is CCCc1cccc(C(NC)c2ccc(F)cc2F)c1. The summed E-state index contributed by atoms with van der Waals surface area (Å²) in [5, 5.41) is 3.10. The van der Waals surface area contributed by atoms with Gasteiger partial charge < -0.3 is 5.32 Å². The first kappa shape index (κ1) is 14.7. The van der Waals surface area contributed by atoms with Gasteiger partial charge in [0.1, 0.15) is 11.6 Å². The Morgan fingerprint density at radius 2 is 1.90 bits per heavy atom. The van der Waals surface area contributed by atoms with Gasteiger partial charge in [-0.25, -0.2) is 8.78 Å². The van der Waals surface area contributed by atoms with Crippen molar-refractivity contribution in [3.05, 3.63) is 70.8 Å². The molecule has 0 radical (unpaired) electrons. The summed E-state index contributed by atoms with van der Waals surface area (Å²) in [5.74, 6) is -1.08. The van der Waals surface area contributed by atoms with E-state index in [0.717, 1.165) is 24.5 Å². The molecule has 0 aliphatic heterocycles. The minimum absolute atomic E-state index is 0.271. The minimum atomic E-state index is -0.555. The second kappa shape index (κ2) is 6.62. The predicted octanol–water partition coefficient (Wildman–Crippen LogP) is 4.23. The molecule has 1 atom stereocenters. The van der Waals surface area contributed by atoms with E-state index in [2.05, 4.69) is 24.4 Å². The second-order valence-electron chi connectivity index (χ2n) is 4.88. The number of aryl methyl sites for hydroxylation is 1. The van der Waals surface area contributed by atoms with Gasteiger partial charge in [0.05, 0.1) is 6.04 Å². The van der Waals surface area contributed by atoms with Crippen LogP contribution < -0.4 is 5.32 Å². The summed E-state index contributed by atoms with van der Waals surface area (Å²) in [6, 6.07) is 11.5. The predicted molar refractivity (Wildman–Crippen MR) is 77.7 cm³/mol. The maximum absolute atomic E-state index is 13.9. The molecule has 0 aliphatic rings. The lowest BCUT2D eigenvalue weighted by Gasteiger charge is -2.19. The lowest BCUT2D eigenvalue weighted by atomic mass is 9.96. The Bertz CT molecular complexity index is 581. The van der Waals surface area contributed by atoms with Crippen molar-refractivity contribution >= 4 is 0 Å². The highest BCUT2D eigenvalue weighted by Crippen LogP contribution is 2.25. The molecule has 106 valence electrons. The maximum Gasteiger partial charge on any atom is 0.131 e. The average molecular weight is 275 g/mol. The zero-order valence-electron chi connectivity index (χ0n) is 11.8. The van der Waals surface area contributed by atoms with E-state index in [0.29, 0.717) is 5.56 Å². The van der Waals surface area contributed by atoms with E-state index in [9.17, 15) is 8.78 Å². The lowest BCUT2D eigenvalue weighted by molar-refractivity contribution is 0.551. The molecule has 0 amide bonds. The van der Waals surface area contributed by atoms with Gasteiger partial charge in [-0.1, -0.05) is 43.7 Å². The molecular weight excluding hydrogens is 256 g/mol. The van der Waals surface area contributed by atoms with Gasteiger partial charge in [-0.2, -0.15) is 0 Å². The Hall–Kier alpha value is -1.74. The summed E-state index contributed by atoms with van der Waals surface area (Å²) in [6.45, 7) is 2.13. The quantitative estimate of drug-likeness (QED) is 0.861. The van der Waals surface area contributed by atoms with Crippen LogP contribution in [-0.4, -0.2) is 7.05 Å². The molecule has 2 rings (SSSR count). The molecule has 1 nitrogen and oxygen atoms in total. The monoisotopic (exact) mass is 275 g/mol. The Balaban J connectivity index is 2.38. The number of rotatable bonds is 5. The van der Waals surface area contributed by atoms with Gasteiger partial charge in [0.15, 0.2) is 0 Å². The fraction of sp³-hybridized carbons (Fsp3) is 0.294. The standard InChI is InChI=1S/C17H19F2N/c1-3-5-12-6-4-7-13(10-12)17(20-2)15-9-8-14(18)11-16(15)19/h4,6-11,17,20H,3,5H2,1-2H3. The average Bonchev–Trinajstić information content (AvgIpc) is 2.43. The van der Waals surface area contributed by atoms with E-state index in [4.69, 9.17) is 0 Å². The van der Waals surface area contributed by atoms with Crippen LogP contribution in [-0.2, 0) is 6.42 Å². The normalized spacial score (nSPS) is 12.4. The van der Waals surface area contributed by atoms with Gasteiger partial charge in [-0.05, 0) is 30.7 Å². The third kappa shape index (κ3) is 3.23. The van der Waals surface area contributed by atoms with Gasteiger partial charge in [-0.3, -0.25) is 0 Å². The van der Waals surface area contributed by atoms with Gasteiger partial charge in [0.2, 0.25) is 0 Å². The van der Waals surface area contributed by atoms with Crippen molar-refractivity contribution in [2.45, 2.75) is 25.8 Å². The first-order valence-corrected chi connectivity index (χ1v) is 6.86. The zero-order valence-corrected chi connectivity index (χ0v) is 11.8. The summed E-state index contributed by atoms with van der Waals surface area (Å²) in [4.78, 5) is 0. The number of hydrogen-bond donors (Lipinski definition) is 1. The molecule has 2 aromatic carbocycles. The van der Waals surface area contributed by atoms with E-state index in [1.165, 1.54) is 17.7 Å². The van der Waals surface area contributed by atoms with Crippen molar-refractivity contribution in [1.82, 2.24) is 5.32 Å². The van der Waals surface area contributed by atoms with Crippen molar-refractivity contribution in [2.75, 3.05) is 7.05 Å². The van der Waals surface area contributed by atoms with Crippen molar-refractivity contribution in [3.63, 3.8) is 0 Å². The van der Waals surface area contributed by atoms with E-state index < -0.39 is 11.6 Å². The van der Waals surface area contributed by atoms with Crippen LogP contribution in [0.1, 0.15) is 36.1 Å². The van der Waals surface area contributed by atoms with E-state index in [-0.39, 0.29) is 6.04 Å². The van der Waals surface area contributed by atoms with Gasteiger partial charge in [0.25, 0.3) is 0 Å². The Kier molecular flexibility index (Phi) is 4.85. The van der Waals surface area contributed by atoms with Crippen molar-refractivity contribution in [3.8, 4) is 0 Å². The Morgan fingerprint density at radius 3 is 2.55 bits per heavy atom. The highest BCUT2D eigenvalue weighted by molar-refractivity contribution is 5.35. The fourth-order valence-corrected chi connectivity index (χ4v) is 2.45. The van der Waals surface area contributed by atoms with Gasteiger partial charge >= 0.3 is 0 Å². The molecule has 3 heteroatoms. The van der Waals surface area contributed by atoms with Crippen LogP contribution >= 0.6 is 0 Å². The third-order valence-electron chi connectivity index (χ3n) is 3.39. The summed E-state index contributed by atoms with van der Waals surface area (Å²) in [5.41, 5.74) is 2.68. The third-order valence-corrected chi connectivity index (χ3v) is 3.39. The summed E-state index contributed by atoms with van der Waals surface area (Å²) >= 11 is 0. The summed E-state index contributed by atoms with van der Waals surface area (Å²) in [7, 11) is 1.78. The highest BCUT2D eigenvalue weighted by Gasteiger charge is 2.16. The van der Waals surface area contributed by atoms with Crippen molar-refractivity contribution in [2.24, 2.45) is 0 Å². The first-order valence-electron chi connectivity index (χ1n) is 6.86. The Morgan fingerprint density at radius 1 is 1.10 bits per heavy atom. The smallest absolute Gasteiger partial charge is 0.131 e. The molecule has 1 unspecified atom stereocenters. The van der Waals surface area contributed by atoms with E-state index in [1.54, 1.807) is 7.05 Å². The van der Waals surface area contributed by atoms with E-state index >= 15 is 0 Å². The van der Waals surface area contributed by atoms with Crippen LogP contribution in [0.25, 0.3) is 0 Å². The zero-order chi connectivity index (χ0) is 14.5. The molecule has 0 heterocycles. The fourth-order valence-electron chi connectivity index (χ4n) is 2.45. The minimum Gasteiger partial charge on any atom is -0.309 e. The molecular formula is C17H19F2N. The lowest BCUT2D eigenvalue weighted by Crippen LogP contribution is -2.19. The molecule has 0 saturated carbocycles. The van der Waals surface area contributed by atoms with Crippen molar-refractivity contribution < 1.29 is 8.78 Å². The molecule has 20 heavy (non-hydrogen) atoms.